The number of urea groups is 2. The average molecular weight is 1070 g/mol. The van der Waals surface area contributed by atoms with Crippen LogP contribution in [-0.4, -0.2) is 173 Å². The Bertz CT molecular complexity index is 2460. The van der Waals surface area contributed by atoms with Crippen LogP contribution in [0.15, 0.2) is 70.5 Å². The van der Waals surface area contributed by atoms with Gasteiger partial charge < -0.3 is 45.7 Å². The van der Waals surface area contributed by atoms with Crippen molar-refractivity contribution in [3.8, 4) is 5.75 Å². The molecule has 0 bridgehead atoms. The van der Waals surface area contributed by atoms with E-state index >= 15 is 0 Å². The molecule has 8 N–H and O–H groups in total. The average Bonchev–Trinajstić information content (AvgIpc) is 4.09. The number of piperazine rings is 1. The van der Waals surface area contributed by atoms with Crippen LogP contribution in [0.2, 0.25) is 10.0 Å². The summed E-state index contributed by atoms with van der Waals surface area (Å²) in [6.45, 7) is 12.3. The number of nitrogens with two attached hydrogens (primary N) is 1. The molecule has 7 rings (SSSR count). The number of likely N-dealkylation sites (tertiary alicyclic amines) is 2. The van der Waals surface area contributed by atoms with Crippen molar-refractivity contribution < 1.29 is 40.6 Å². The topological polar surface area (TPSA) is 238 Å². The van der Waals surface area contributed by atoms with Crippen molar-refractivity contribution in [3.63, 3.8) is 0 Å². The highest BCUT2D eigenvalue weighted by Crippen LogP contribution is 2.43. The number of benzene rings is 3. The molecule has 4 amide bonds. The zero-order valence-corrected chi connectivity index (χ0v) is 43.5. The summed E-state index contributed by atoms with van der Waals surface area (Å²) >= 11 is 13.1. The summed E-state index contributed by atoms with van der Waals surface area (Å²) < 4.78 is 71.8. The maximum absolute atomic E-state index is 13.4. The van der Waals surface area contributed by atoms with Gasteiger partial charge >= 0.3 is 12.1 Å². The molecule has 0 radical (unpaired) electrons. The van der Waals surface area contributed by atoms with E-state index in [1.165, 1.54) is 0 Å². The summed E-state index contributed by atoms with van der Waals surface area (Å²) in [5, 5.41) is 21.3. The number of unbranched alkanes of at least 4 members (excludes halogenated alkanes) is 1. The van der Waals surface area contributed by atoms with E-state index in [1.54, 1.807) is 42.5 Å². The van der Waals surface area contributed by atoms with E-state index in [0.29, 0.717) is 113 Å². The molecule has 1 aliphatic carbocycles. The van der Waals surface area contributed by atoms with E-state index in [4.69, 9.17) is 42.6 Å². The quantitative estimate of drug-likeness (QED) is 0.0605. The molecule has 5 atom stereocenters. The Balaban J connectivity index is 0.680. The van der Waals surface area contributed by atoms with Crippen LogP contribution < -0.4 is 41.2 Å². The molecule has 0 spiro atoms. The van der Waals surface area contributed by atoms with Crippen LogP contribution in [0.5, 0.6) is 5.75 Å². The first-order valence-corrected chi connectivity index (χ1v) is 28.4. The van der Waals surface area contributed by atoms with Crippen molar-refractivity contribution in [2.45, 2.75) is 79.0 Å². The molecule has 3 fully saturated rings. The lowest BCUT2D eigenvalue weighted by atomic mass is 9.98. The molecule has 0 saturated carbocycles. The minimum absolute atomic E-state index is 0.0615. The number of halogens is 2. The number of nitrogens with one attached hydrogen (secondary N) is 6. The zero-order valence-electron chi connectivity index (χ0n) is 40.4. The van der Waals surface area contributed by atoms with Crippen molar-refractivity contribution in [2.75, 3.05) is 112 Å². The maximum atomic E-state index is 13.4. The van der Waals surface area contributed by atoms with Gasteiger partial charge in [0, 0.05) is 99.7 Å². The number of nitrogens with zero attached hydrogens (tertiary/aromatic N) is 3. The van der Waals surface area contributed by atoms with Crippen LogP contribution >= 0.6 is 23.2 Å². The van der Waals surface area contributed by atoms with E-state index in [1.807, 2.05) is 18.2 Å². The van der Waals surface area contributed by atoms with Gasteiger partial charge in [-0.15, -0.1) is 0 Å². The first-order valence-electron chi connectivity index (χ1n) is 24.6. The Morgan fingerprint density at radius 2 is 1.39 bits per heavy atom. The summed E-state index contributed by atoms with van der Waals surface area (Å²) in [6, 6.07) is 16.8. The van der Waals surface area contributed by atoms with Gasteiger partial charge in [0.25, 0.3) is 0 Å². The van der Waals surface area contributed by atoms with Gasteiger partial charge in [0.1, 0.15) is 11.9 Å². The van der Waals surface area contributed by atoms with Gasteiger partial charge in [0.05, 0.1) is 42.3 Å². The van der Waals surface area contributed by atoms with Crippen LogP contribution in [-0.2, 0) is 35.9 Å². The van der Waals surface area contributed by atoms with Crippen molar-refractivity contribution in [3.05, 3.63) is 87.4 Å². The fourth-order valence-corrected chi connectivity index (χ4v) is 12.5. The number of carbonyl (C=O) groups excluding carboxylic acids is 2. The first kappa shape index (κ1) is 54.9. The summed E-state index contributed by atoms with van der Waals surface area (Å²) in [4.78, 5) is 31.5. The summed E-state index contributed by atoms with van der Waals surface area (Å²) in [6.07, 6.45) is 3.32. The molecular formula is C48H70Cl2N10O9S2. The maximum Gasteiger partial charge on any atom is 0.314 e. The predicted octanol–water partition coefficient (Wildman–Crippen LogP) is 3.23. The standard InChI is InChI=1S/C48H70Cl2N10O9S2/c1-34-31-60(21-16-52-34)44-30-41-42(28-36(49)29-43(41)50)46(44)69-38-8-10-39(11-9-38)71(65,66)57-37-13-20-59(33-37)23-27-68-25-18-56-48(62)54-15-5-4-14-53-47(61)55-17-24-67-26-22-58-19-12-35(32-58)40-6-2-3-7-45(40)70(51,63)64/h2-3,6-11,28-29,34-35,37,44,46,52,57H,4-5,12-27,30-33H2,1H3,(H2,51,63,64)(H2,53,55,61)(H2,54,56,62)/t34-,35-,37+,44+,46+/m1/s1. The fourth-order valence-electron chi connectivity index (χ4n) is 9.82. The van der Waals surface area contributed by atoms with Crippen LogP contribution in [0.3, 0.4) is 0 Å². The summed E-state index contributed by atoms with van der Waals surface area (Å²) in [5.74, 6) is 0.660. The molecule has 3 aliphatic heterocycles. The number of carbonyl (C=O) groups is 2. The number of primary sulfonamides is 1. The lowest BCUT2D eigenvalue weighted by Gasteiger charge is -2.38. The van der Waals surface area contributed by atoms with Crippen LogP contribution in [0.1, 0.15) is 61.3 Å². The lowest BCUT2D eigenvalue weighted by molar-refractivity contribution is 0.0595. The molecule has 23 heteroatoms. The number of amides is 4. The molecule has 3 heterocycles. The minimum Gasteiger partial charge on any atom is -0.484 e. The molecule has 392 valence electrons. The smallest absolute Gasteiger partial charge is 0.314 e. The molecule has 0 unspecified atom stereocenters. The Labute approximate surface area is 428 Å². The van der Waals surface area contributed by atoms with E-state index in [0.717, 1.165) is 68.8 Å². The number of ether oxygens (including phenoxy) is 3. The SMILES string of the molecule is C[C@@H]1CN([C@H]2Cc3c(Cl)cc(Cl)cc3[C@@H]2Oc2ccc(S(=O)(=O)N[C@H]3CCN(CCOCCNC(=O)NCCCCNC(=O)NCCOCCN4CC[C@@H](c5ccccc5S(N)(=O)=O)C4)C3)cc2)CCN1. The van der Waals surface area contributed by atoms with Crippen LogP contribution in [0.4, 0.5) is 9.59 Å². The third kappa shape index (κ3) is 16.3. The highest BCUT2D eigenvalue weighted by molar-refractivity contribution is 7.89. The molecule has 3 aromatic rings. The molecule has 0 aromatic heterocycles. The summed E-state index contributed by atoms with van der Waals surface area (Å²) in [7, 11) is -7.55. The molecule has 4 aliphatic rings. The van der Waals surface area contributed by atoms with Crippen molar-refractivity contribution >= 4 is 55.3 Å². The largest absolute Gasteiger partial charge is 0.484 e. The van der Waals surface area contributed by atoms with Crippen molar-refractivity contribution in [1.82, 2.24) is 46.0 Å². The van der Waals surface area contributed by atoms with E-state index in [9.17, 15) is 26.4 Å². The second-order valence-corrected chi connectivity index (χ2v) is 22.7. The number of fused-ring (bicyclic) bond motifs is 1. The van der Waals surface area contributed by atoms with Gasteiger partial charge in [-0.25, -0.2) is 36.3 Å². The van der Waals surface area contributed by atoms with Crippen LogP contribution in [0.25, 0.3) is 0 Å². The highest BCUT2D eigenvalue weighted by Gasteiger charge is 2.41. The summed E-state index contributed by atoms with van der Waals surface area (Å²) in [5.41, 5.74) is 2.76. The third-order valence-electron chi connectivity index (χ3n) is 13.4. The highest BCUT2D eigenvalue weighted by atomic mass is 35.5. The number of rotatable bonds is 25. The molecular weight excluding hydrogens is 996 g/mol. The Morgan fingerprint density at radius 3 is 2.06 bits per heavy atom. The van der Waals surface area contributed by atoms with E-state index < -0.39 is 20.0 Å². The predicted molar refractivity (Wildman–Crippen MR) is 273 cm³/mol. The minimum atomic E-state index is -3.78. The van der Waals surface area contributed by atoms with E-state index in [2.05, 4.69) is 52.9 Å². The number of hydrogen-bond donors (Lipinski definition) is 7. The third-order valence-corrected chi connectivity index (χ3v) is 16.5. The van der Waals surface area contributed by atoms with Gasteiger partial charge in [-0.2, -0.15) is 0 Å². The van der Waals surface area contributed by atoms with E-state index in [-0.39, 0.29) is 46.0 Å². The molecule has 3 aromatic carbocycles. The Hall–Kier alpha value is -3.84. The normalized spacial score (nSPS) is 22.1. The van der Waals surface area contributed by atoms with Gasteiger partial charge in [0.15, 0.2) is 0 Å². The van der Waals surface area contributed by atoms with Gasteiger partial charge in [0.2, 0.25) is 20.0 Å². The molecule has 71 heavy (non-hydrogen) atoms. The monoisotopic (exact) mass is 1060 g/mol. The van der Waals surface area contributed by atoms with Gasteiger partial charge in [-0.05, 0) is 112 Å². The Morgan fingerprint density at radius 1 is 0.761 bits per heavy atom. The van der Waals surface area contributed by atoms with Gasteiger partial charge in [-0.3, -0.25) is 9.80 Å². The first-order chi connectivity index (χ1) is 34.1. The second-order valence-electron chi connectivity index (χ2n) is 18.7. The number of sulfonamides is 2. The number of hydrogen-bond acceptors (Lipinski definition) is 13. The fraction of sp³-hybridized carbons (Fsp3) is 0.583. The molecule has 19 nitrogen and oxygen atoms in total. The van der Waals surface area contributed by atoms with Crippen molar-refractivity contribution in [2.24, 2.45) is 5.14 Å². The lowest BCUT2D eigenvalue weighted by Crippen LogP contribution is -2.54. The second kappa shape index (κ2) is 26.4. The van der Waals surface area contributed by atoms with Crippen LogP contribution in [0, 0.1) is 0 Å². The van der Waals surface area contributed by atoms with Gasteiger partial charge in [-0.1, -0.05) is 41.4 Å². The van der Waals surface area contributed by atoms with Crippen molar-refractivity contribution in [1.29, 1.82) is 0 Å². The molecule has 3 saturated heterocycles. The zero-order chi connectivity index (χ0) is 50.4. The Kier molecular flexibility index (Phi) is 20.4.